The van der Waals surface area contributed by atoms with Crippen molar-refractivity contribution in [2.24, 2.45) is 0 Å². The maximum absolute atomic E-state index is 12.7. The number of carbonyl (C=O) groups excluding carboxylic acids is 1. The minimum absolute atomic E-state index is 0.200. The number of halogens is 1. The summed E-state index contributed by atoms with van der Waals surface area (Å²) >= 11 is 6.48. The zero-order valence-corrected chi connectivity index (χ0v) is 17.9. The molecule has 0 aliphatic carbocycles. The van der Waals surface area contributed by atoms with Gasteiger partial charge < -0.3 is 15.4 Å². The molecule has 0 atom stereocenters. The monoisotopic (exact) mass is 410 g/mol. The van der Waals surface area contributed by atoms with E-state index in [0.29, 0.717) is 16.3 Å². The molecule has 0 aromatic heterocycles. The Balaban J connectivity index is 1.79. The second-order valence-corrected chi connectivity index (χ2v) is 7.32. The Morgan fingerprint density at radius 2 is 2.10 bits per heavy atom. The van der Waals surface area contributed by atoms with Gasteiger partial charge in [-0.1, -0.05) is 36.7 Å². The first-order valence-electron chi connectivity index (χ1n) is 9.92. The molecule has 29 heavy (non-hydrogen) atoms. The summed E-state index contributed by atoms with van der Waals surface area (Å²) in [6, 6.07) is 11.2. The van der Waals surface area contributed by atoms with E-state index in [4.69, 9.17) is 16.3 Å². The lowest BCUT2D eigenvalue weighted by Gasteiger charge is -2.16. The number of hydrogen-bond donors (Lipinski definition) is 2. The number of ether oxygens (including phenoxy) is 1. The third-order valence-electron chi connectivity index (χ3n) is 5.18. The molecule has 4 nitrogen and oxygen atoms in total. The number of nitrogens with one attached hydrogen (secondary N) is 2. The Morgan fingerprint density at radius 3 is 2.72 bits per heavy atom. The molecule has 0 fully saturated rings. The van der Waals surface area contributed by atoms with Crippen LogP contribution in [0.3, 0.4) is 0 Å². The number of methoxy groups -OCH3 is 1. The molecule has 1 amide bonds. The van der Waals surface area contributed by atoms with E-state index in [-0.39, 0.29) is 5.91 Å². The first kappa shape index (κ1) is 21.2. The van der Waals surface area contributed by atoms with Crippen LogP contribution in [0.15, 0.2) is 48.6 Å². The Morgan fingerprint density at radius 1 is 1.28 bits per heavy atom. The van der Waals surface area contributed by atoms with Gasteiger partial charge in [0.05, 0.1) is 7.11 Å². The molecule has 2 N–H and O–H groups in total. The van der Waals surface area contributed by atoms with Gasteiger partial charge in [0.25, 0.3) is 5.91 Å². The highest BCUT2D eigenvalue weighted by molar-refractivity contribution is 6.32. The molecule has 0 bridgehead atoms. The highest BCUT2D eigenvalue weighted by atomic mass is 35.5. The Labute approximate surface area is 177 Å². The van der Waals surface area contributed by atoms with Gasteiger partial charge in [0, 0.05) is 34.4 Å². The van der Waals surface area contributed by atoms with Crippen molar-refractivity contribution >= 4 is 34.3 Å². The van der Waals surface area contributed by atoms with E-state index in [1.165, 1.54) is 11.1 Å². The fraction of sp³-hybridized carbons (Fsp3) is 0.292. The van der Waals surface area contributed by atoms with Gasteiger partial charge in [0.15, 0.2) is 0 Å². The smallest absolute Gasteiger partial charge is 0.255 e. The van der Waals surface area contributed by atoms with Gasteiger partial charge in [0.2, 0.25) is 0 Å². The molecule has 3 rings (SSSR count). The molecular formula is C24H27ClN2O2. The molecule has 0 saturated heterocycles. The highest BCUT2D eigenvalue weighted by Gasteiger charge is 2.14. The van der Waals surface area contributed by atoms with Gasteiger partial charge in [-0.05, 0) is 67.3 Å². The second-order valence-electron chi connectivity index (χ2n) is 6.91. The minimum atomic E-state index is -0.200. The van der Waals surface area contributed by atoms with E-state index in [9.17, 15) is 4.79 Å². The topological polar surface area (TPSA) is 50.4 Å². The first-order chi connectivity index (χ1) is 14.1. The number of allylic oxidation sites excluding steroid dienone is 2. The third-order valence-corrected chi connectivity index (χ3v) is 5.49. The molecule has 2 aromatic rings. The third kappa shape index (κ3) is 4.89. The van der Waals surface area contributed by atoms with Crippen LogP contribution >= 0.6 is 11.6 Å². The van der Waals surface area contributed by atoms with Crippen molar-refractivity contribution in [2.75, 3.05) is 25.5 Å². The highest BCUT2D eigenvalue weighted by Crippen LogP contribution is 2.32. The van der Waals surface area contributed by atoms with Gasteiger partial charge in [-0.3, -0.25) is 4.79 Å². The van der Waals surface area contributed by atoms with Crippen LogP contribution in [0.25, 0.3) is 11.1 Å². The number of hydrogen-bond acceptors (Lipinski definition) is 3. The predicted molar refractivity (Wildman–Crippen MR) is 122 cm³/mol. The fourth-order valence-corrected chi connectivity index (χ4v) is 3.87. The van der Waals surface area contributed by atoms with Crippen molar-refractivity contribution in [1.82, 2.24) is 5.32 Å². The van der Waals surface area contributed by atoms with Crippen molar-refractivity contribution in [2.45, 2.75) is 26.7 Å². The lowest BCUT2D eigenvalue weighted by atomic mass is 9.98. The lowest BCUT2D eigenvalue weighted by Crippen LogP contribution is -2.20. The largest absolute Gasteiger partial charge is 0.496 e. The maximum Gasteiger partial charge on any atom is 0.255 e. The van der Waals surface area contributed by atoms with Gasteiger partial charge in [-0.25, -0.2) is 0 Å². The van der Waals surface area contributed by atoms with E-state index >= 15 is 0 Å². The van der Waals surface area contributed by atoms with E-state index in [1.807, 2.05) is 37.3 Å². The quantitative estimate of drug-likeness (QED) is 0.633. The molecule has 2 aromatic carbocycles. The number of anilines is 1. The zero-order chi connectivity index (χ0) is 20.8. The molecule has 1 aliphatic rings. The van der Waals surface area contributed by atoms with Crippen LogP contribution in [-0.4, -0.2) is 26.1 Å². The van der Waals surface area contributed by atoms with Crippen molar-refractivity contribution < 1.29 is 9.53 Å². The molecule has 5 heteroatoms. The summed E-state index contributed by atoms with van der Waals surface area (Å²) < 4.78 is 5.54. The van der Waals surface area contributed by atoms with Gasteiger partial charge in [-0.15, -0.1) is 0 Å². The molecule has 1 aliphatic heterocycles. The van der Waals surface area contributed by atoms with Gasteiger partial charge in [0.1, 0.15) is 5.75 Å². The fourth-order valence-electron chi connectivity index (χ4n) is 3.57. The lowest BCUT2D eigenvalue weighted by molar-refractivity contribution is 0.102. The van der Waals surface area contributed by atoms with Crippen LogP contribution < -0.4 is 15.4 Å². The van der Waals surface area contributed by atoms with E-state index < -0.39 is 0 Å². The number of carbonyl (C=O) groups is 1. The second kappa shape index (κ2) is 9.77. The van der Waals surface area contributed by atoms with Crippen LogP contribution in [0.2, 0.25) is 5.02 Å². The average molecular weight is 411 g/mol. The summed E-state index contributed by atoms with van der Waals surface area (Å²) in [4.78, 5) is 12.7. The summed E-state index contributed by atoms with van der Waals surface area (Å²) in [5, 5.41) is 6.83. The maximum atomic E-state index is 12.7. The van der Waals surface area contributed by atoms with Crippen molar-refractivity contribution in [3.05, 3.63) is 70.3 Å². The van der Waals surface area contributed by atoms with Crippen LogP contribution in [0.4, 0.5) is 5.69 Å². The summed E-state index contributed by atoms with van der Waals surface area (Å²) in [6.45, 7) is 5.91. The normalized spacial score (nSPS) is 14.3. The molecule has 152 valence electrons. The zero-order valence-electron chi connectivity index (χ0n) is 17.1. The Bertz CT molecular complexity index is 963. The summed E-state index contributed by atoms with van der Waals surface area (Å²) in [5.41, 5.74) is 5.67. The van der Waals surface area contributed by atoms with E-state index in [2.05, 4.69) is 29.7 Å². The Kier molecular flexibility index (Phi) is 7.13. The predicted octanol–water partition coefficient (Wildman–Crippen LogP) is 5.79. The summed E-state index contributed by atoms with van der Waals surface area (Å²) in [6.07, 6.45) is 6.07. The Hall–Kier alpha value is -2.56. The first-order valence-corrected chi connectivity index (χ1v) is 10.3. The molecule has 0 saturated carbocycles. The van der Waals surface area contributed by atoms with Crippen molar-refractivity contribution in [3.8, 4) is 5.75 Å². The number of amides is 1. The number of rotatable bonds is 6. The van der Waals surface area contributed by atoms with E-state index in [1.54, 1.807) is 13.2 Å². The SMILES string of the molecule is C/C=C(\CC)c1ccc(NC(=O)c2ccc(C3=CCNCC3)c(Cl)c2)cc1OC. The summed E-state index contributed by atoms with van der Waals surface area (Å²) in [5.74, 6) is 0.540. The van der Waals surface area contributed by atoms with E-state index in [0.717, 1.165) is 42.8 Å². The van der Waals surface area contributed by atoms with Crippen LogP contribution in [0.5, 0.6) is 5.75 Å². The standard InChI is InChI=1S/C24H27ClN2O2/c1-4-16(5-2)21-9-7-19(15-23(21)29-3)27-24(28)18-6-8-20(22(25)14-18)17-10-12-26-13-11-17/h4,6-10,14-15,26H,5,11-13H2,1-3H3,(H,27,28)/b16-4+. The van der Waals surface area contributed by atoms with Gasteiger partial charge in [-0.2, -0.15) is 0 Å². The van der Waals surface area contributed by atoms with Crippen LogP contribution in [0.1, 0.15) is 48.2 Å². The average Bonchev–Trinajstić information content (AvgIpc) is 2.75. The molecule has 0 unspecified atom stereocenters. The molecule has 0 radical (unpaired) electrons. The minimum Gasteiger partial charge on any atom is -0.496 e. The number of benzene rings is 2. The van der Waals surface area contributed by atoms with Crippen LogP contribution in [-0.2, 0) is 0 Å². The van der Waals surface area contributed by atoms with Gasteiger partial charge >= 0.3 is 0 Å². The van der Waals surface area contributed by atoms with Crippen molar-refractivity contribution in [3.63, 3.8) is 0 Å². The van der Waals surface area contributed by atoms with Crippen LogP contribution in [0, 0.1) is 0 Å². The molecule has 1 heterocycles. The van der Waals surface area contributed by atoms with Crippen molar-refractivity contribution in [1.29, 1.82) is 0 Å². The summed E-state index contributed by atoms with van der Waals surface area (Å²) in [7, 11) is 1.64. The molecular weight excluding hydrogens is 384 g/mol. The molecule has 0 spiro atoms.